The molecule has 0 radical (unpaired) electrons. The van der Waals surface area contributed by atoms with Crippen molar-refractivity contribution >= 4 is 33.6 Å². The first kappa shape index (κ1) is 18.7. The van der Waals surface area contributed by atoms with Gasteiger partial charge in [-0.1, -0.05) is 0 Å². The number of aromatic nitrogens is 3. The molecule has 4 aromatic rings. The number of imidazole rings is 1. The van der Waals surface area contributed by atoms with Gasteiger partial charge in [-0.25, -0.2) is 18.7 Å². The van der Waals surface area contributed by atoms with Crippen molar-refractivity contribution in [1.29, 1.82) is 0 Å². The van der Waals surface area contributed by atoms with Crippen LogP contribution in [0.5, 0.6) is 0 Å². The second-order valence-electron chi connectivity index (χ2n) is 7.80. The van der Waals surface area contributed by atoms with Crippen LogP contribution in [0, 0.1) is 18.6 Å². The molecule has 4 heterocycles. The molecular formula is C22H22F2N6. The van der Waals surface area contributed by atoms with Crippen molar-refractivity contribution in [2.24, 2.45) is 0 Å². The Morgan fingerprint density at radius 1 is 1.17 bits per heavy atom. The molecule has 0 amide bonds. The van der Waals surface area contributed by atoms with Crippen molar-refractivity contribution < 1.29 is 8.78 Å². The molecule has 1 aliphatic rings. The standard InChI is InChI=1S/C22H22F2N6/c1-13-10-29(6-5-25-13)17-7-15-3-4-26-21(20(15)18(23)9-17)28-16-8-19(24)22-27-14(2)11-30(22)12-16/h3-4,7-9,11-13,25H,5-6,10H2,1-2H3,(H,26,28). The maximum atomic E-state index is 15.2. The molecule has 1 atom stereocenters. The Labute approximate surface area is 172 Å². The van der Waals surface area contributed by atoms with Crippen LogP contribution in [0.15, 0.2) is 42.9 Å². The highest BCUT2D eigenvalue weighted by atomic mass is 19.1. The highest BCUT2D eigenvalue weighted by Gasteiger charge is 2.19. The lowest BCUT2D eigenvalue weighted by molar-refractivity contribution is 0.484. The third-order valence-electron chi connectivity index (χ3n) is 5.42. The number of benzene rings is 1. The van der Waals surface area contributed by atoms with E-state index in [0.717, 1.165) is 36.4 Å². The first-order valence-electron chi connectivity index (χ1n) is 9.96. The van der Waals surface area contributed by atoms with Crippen LogP contribution in [0.4, 0.5) is 26.0 Å². The number of rotatable bonds is 3. The summed E-state index contributed by atoms with van der Waals surface area (Å²) in [6.07, 6.45) is 5.08. The van der Waals surface area contributed by atoms with Crippen molar-refractivity contribution in [3.63, 3.8) is 0 Å². The van der Waals surface area contributed by atoms with Gasteiger partial charge in [-0.05, 0) is 37.4 Å². The predicted molar refractivity (Wildman–Crippen MR) is 115 cm³/mol. The van der Waals surface area contributed by atoms with Gasteiger partial charge >= 0.3 is 0 Å². The molecule has 1 aliphatic heterocycles. The molecule has 1 unspecified atom stereocenters. The minimum atomic E-state index is -0.455. The smallest absolute Gasteiger partial charge is 0.173 e. The third kappa shape index (κ3) is 3.33. The predicted octanol–water partition coefficient (Wildman–Crippen LogP) is 4.01. The Kier molecular flexibility index (Phi) is 4.51. The van der Waals surface area contributed by atoms with E-state index in [9.17, 15) is 4.39 Å². The van der Waals surface area contributed by atoms with Crippen molar-refractivity contribution in [3.8, 4) is 0 Å². The van der Waals surface area contributed by atoms with Crippen LogP contribution in [-0.2, 0) is 0 Å². The molecule has 5 rings (SSSR count). The highest BCUT2D eigenvalue weighted by Crippen LogP contribution is 2.31. The molecule has 6 nitrogen and oxygen atoms in total. The molecule has 3 aromatic heterocycles. The molecule has 8 heteroatoms. The van der Waals surface area contributed by atoms with E-state index in [4.69, 9.17) is 0 Å². The van der Waals surface area contributed by atoms with Crippen molar-refractivity contribution in [3.05, 3.63) is 60.2 Å². The van der Waals surface area contributed by atoms with Gasteiger partial charge in [0, 0.05) is 56.0 Å². The first-order valence-corrected chi connectivity index (χ1v) is 9.96. The van der Waals surface area contributed by atoms with Gasteiger partial charge < -0.3 is 19.9 Å². The Hall–Kier alpha value is -3.26. The normalized spacial score (nSPS) is 17.1. The summed E-state index contributed by atoms with van der Waals surface area (Å²) in [5.74, 6) is -0.464. The van der Waals surface area contributed by atoms with E-state index in [-0.39, 0.29) is 11.5 Å². The fraction of sp³-hybridized carbons (Fsp3) is 0.273. The zero-order valence-electron chi connectivity index (χ0n) is 16.8. The quantitative estimate of drug-likeness (QED) is 0.537. The number of anilines is 3. The molecule has 1 fully saturated rings. The minimum Gasteiger partial charge on any atom is -0.369 e. The number of hydrogen-bond acceptors (Lipinski definition) is 5. The van der Waals surface area contributed by atoms with Crippen LogP contribution in [-0.4, -0.2) is 40.0 Å². The molecular weight excluding hydrogens is 386 g/mol. The second-order valence-corrected chi connectivity index (χ2v) is 7.80. The van der Waals surface area contributed by atoms with Crippen LogP contribution < -0.4 is 15.5 Å². The number of pyridine rings is 2. The summed E-state index contributed by atoms with van der Waals surface area (Å²) in [4.78, 5) is 10.7. The molecule has 1 aromatic carbocycles. The zero-order chi connectivity index (χ0) is 20.8. The number of piperazine rings is 1. The van der Waals surface area contributed by atoms with Gasteiger partial charge in [-0.2, -0.15) is 0 Å². The van der Waals surface area contributed by atoms with Crippen LogP contribution in [0.2, 0.25) is 0 Å². The lowest BCUT2D eigenvalue weighted by Crippen LogP contribution is -2.49. The SMILES string of the molecule is Cc1cn2cc(Nc3nccc4cc(N5CCNC(C)C5)cc(F)c34)cc(F)c2n1. The van der Waals surface area contributed by atoms with Crippen LogP contribution in [0.3, 0.4) is 0 Å². The summed E-state index contributed by atoms with van der Waals surface area (Å²) < 4.78 is 31.2. The van der Waals surface area contributed by atoms with E-state index in [0.29, 0.717) is 22.9 Å². The first-order chi connectivity index (χ1) is 14.5. The Morgan fingerprint density at radius 3 is 2.87 bits per heavy atom. The summed E-state index contributed by atoms with van der Waals surface area (Å²) >= 11 is 0. The largest absolute Gasteiger partial charge is 0.369 e. The third-order valence-corrected chi connectivity index (χ3v) is 5.42. The van der Waals surface area contributed by atoms with Crippen molar-refractivity contribution in [2.45, 2.75) is 19.9 Å². The lowest BCUT2D eigenvalue weighted by Gasteiger charge is -2.33. The summed E-state index contributed by atoms with van der Waals surface area (Å²) in [5, 5.41) is 7.59. The van der Waals surface area contributed by atoms with Gasteiger partial charge in [0.15, 0.2) is 11.5 Å². The lowest BCUT2D eigenvalue weighted by atomic mass is 10.1. The number of fused-ring (bicyclic) bond motifs is 2. The van der Waals surface area contributed by atoms with Gasteiger partial charge in [0.25, 0.3) is 0 Å². The van der Waals surface area contributed by atoms with E-state index >= 15 is 4.39 Å². The van der Waals surface area contributed by atoms with E-state index in [1.807, 2.05) is 6.07 Å². The average molecular weight is 408 g/mol. The van der Waals surface area contributed by atoms with Crippen LogP contribution in [0.1, 0.15) is 12.6 Å². The summed E-state index contributed by atoms with van der Waals surface area (Å²) in [6, 6.07) is 7.02. The van der Waals surface area contributed by atoms with E-state index in [2.05, 4.69) is 32.4 Å². The average Bonchev–Trinajstić information content (AvgIpc) is 3.08. The fourth-order valence-corrected chi connectivity index (χ4v) is 4.08. The van der Waals surface area contributed by atoms with Crippen LogP contribution in [0.25, 0.3) is 16.4 Å². The van der Waals surface area contributed by atoms with E-state index in [1.54, 1.807) is 42.0 Å². The van der Waals surface area contributed by atoms with Gasteiger partial charge in [0.2, 0.25) is 0 Å². The van der Waals surface area contributed by atoms with Crippen molar-refractivity contribution in [2.75, 3.05) is 29.9 Å². The van der Waals surface area contributed by atoms with Gasteiger partial charge in [-0.15, -0.1) is 0 Å². The monoisotopic (exact) mass is 408 g/mol. The van der Waals surface area contributed by atoms with Gasteiger partial charge in [0.1, 0.15) is 11.6 Å². The second kappa shape index (κ2) is 7.21. The molecule has 0 aliphatic carbocycles. The summed E-state index contributed by atoms with van der Waals surface area (Å²) in [7, 11) is 0. The topological polar surface area (TPSA) is 57.5 Å². The van der Waals surface area contributed by atoms with Crippen molar-refractivity contribution in [1.82, 2.24) is 19.7 Å². The number of halogens is 2. The Balaban J connectivity index is 1.54. The van der Waals surface area contributed by atoms with Gasteiger partial charge in [0.05, 0.1) is 16.8 Å². The van der Waals surface area contributed by atoms with E-state index < -0.39 is 5.82 Å². The molecule has 0 bridgehead atoms. The highest BCUT2D eigenvalue weighted by molar-refractivity contribution is 5.95. The number of nitrogens with one attached hydrogen (secondary N) is 2. The molecule has 154 valence electrons. The number of nitrogens with zero attached hydrogens (tertiary/aromatic N) is 4. The van der Waals surface area contributed by atoms with Crippen LogP contribution >= 0.6 is 0 Å². The molecule has 30 heavy (non-hydrogen) atoms. The molecule has 0 saturated carbocycles. The summed E-state index contributed by atoms with van der Waals surface area (Å²) in [6.45, 7) is 6.44. The molecule has 1 saturated heterocycles. The molecule has 0 spiro atoms. The number of aryl methyl sites for hydroxylation is 1. The maximum Gasteiger partial charge on any atom is 0.173 e. The number of hydrogen-bond donors (Lipinski definition) is 2. The minimum absolute atomic E-state index is 0.255. The van der Waals surface area contributed by atoms with E-state index in [1.165, 1.54) is 6.07 Å². The Bertz CT molecular complexity index is 1250. The van der Waals surface area contributed by atoms with Gasteiger partial charge in [-0.3, -0.25) is 0 Å². The fourth-order valence-electron chi connectivity index (χ4n) is 4.08. The summed E-state index contributed by atoms with van der Waals surface area (Å²) in [5.41, 5.74) is 2.30. The Morgan fingerprint density at radius 2 is 2.03 bits per heavy atom. The zero-order valence-corrected chi connectivity index (χ0v) is 16.8. The molecule has 2 N–H and O–H groups in total. The maximum absolute atomic E-state index is 15.2.